The molecule has 2 aliphatic carbocycles. The van der Waals surface area contributed by atoms with Crippen LogP contribution in [-0.2, 0) is 11.2 Å². The molecule has 0 aliphatic heterocycles. The fourth-order valence-electron chi connectivity index (χ4n) is 7.18. The molecule has 0 saturated heterocycles. The van der Waals surface area contributed by atoms with Gasteiger partial charge < -0.3 is 32.6 Å². The number of nitrogens with two attached hydrogens (primary N) is 3. The molecular weight excluding hydrogens is 536 g/mol. The number of rotatable bonds is 14. The molecule has 2 bridgehead atoms. The van der Waals surface area contributed by atoms with Crippen molar-refractivity contribution in [3.05, 3.63) is 95.0 Å². The number of H-pyrrole nitrogens is 1. The first-order chi connectivity index (χ1) is 20.8. The van der Waals surface area contributed by atoms with Crippen molar-refractivity contribution < 1.29 is 9.90 Å². The number of benzene rings is 2. The van der Waals surface area contributed by atoms with Gasteiger partial charge in [0.25, 0.3) is 0 Å². The van der Waals surface area contributed by atoms with Gasteiger partial charge >= 0.3 is 5.97 Å². The number of carboxylic acid groups (broad SMARTS) is 1. The third kappa shape index (κ3) is 7.49. The predicted molar refractivity (Wildman–Crippen MR) is 175 cm³/mol. The van der Waals surface area contributed by atoms with Gasteiger partial charge in [0.05, 0.1) is 6.54 Å². The maximum atomic E-state index is 12.0. The maximum Gasteiger partial charge on any atom is 0.328 e. The van der Waals surface area contributed by atoms with E-state index >= 15 is 0 Å². The van der Waals surface area contributed by atoms with E-state index in [2.05, 4.69) is 65.5 Å². The summed E-state index contributed by atoms with van der Waals surface area (Å²) in [7, 11) is 0. The van der Waals surface area contributed by atoms with Gasteiger partial charge in [-0.05, 0) is 89.3 Å². The van der Waals surface area contributed by atoms with E-state index in [1.165, 1.54) is 28.0 Å². The van der Waals surface area contributed by atoms with Crippen molar-refractivity contribution in [1.82, 2.24) is 4.98 Å². The molecule has 0 saturated carbocycles. The van der Waals surface area contributed by atoms with Gasteiger partial charge in [0.1, 0.15) is 0 Å². The third-order valence-electron chi connectivity index (χ3n) is 9.25. The molecule has 2 aliphatic rings. The number of carbonyl (C=O) groups is 1. The third-order valence-corrected chi connectivity index (χ3v) is 9.25. The van der Waals surface area contributed by atoms with Gasteiger partial charge in [0.15, 0.2) is 5.96 Å². The van der Waals surface area contributed by atoms with Crippen LogP contribution in [-0.4, -0.2) is 40.6 Å². The monoisotopic (exact) mass is 581 g/mol. The zero-order valence-corrected chi connectivity index (χ0v) is 25.0. The molecule has 8 N–H and O–H groups in total. The Kier molecular flexibility index (Phi) is 9.87. The Morgan fingerprint density at radius 2 is 1.93 bits per heavy atom. The molecule has 0 radical (unpaired) electrons. The minimum atomic E-state index is -1.04. The fraction of sp³-hybridized carbons (Fsp3) is 0.429. The zero-order valence-electron chi connectivity index (χ0n) is 25.0. The van der Waals surface area contributed by atoms with E-state index in [1.807, 2.05) is 18.3 Å². The van der Waals surface area contributed by atoms with Gasteiger partial charge in [-0.15, -0.1) is 0 Å². The van der Waals surface area contributed by atoms with Crippen LogP contribution < -0.4 is 17.2 Å². The Morgan fingerprint density at radius 3 is 2.63 bits per heavy atom. The van der Waals surface area contributed by atoms with Crippen LogP contribution in [0.5, 0.6) is 0 Å². The largest absolute Gasteiger partial charge is 0.478 e. The zero-order chi connectivity index (χ0) is 30.3. The molecule has 2 aromatic carbocycles. The number of aliphatic carboxylic acids is 1. The Morgan fingerprint density at radius 1 is 1.14 bits per heavy atom. The lowest BCUT2D eigenvalue weighted by Crippen LogP contribution is -2.38. The number of nitrogens with zero attached hydrogens (tertiary/aromatic N) is 2. The standard InChI is InChI=1S/C35H45N6O2/c1-2-3-9-28(36)14-13-22-11-12-25-17-26-16-23-7-4-5-8-24(23)18-29(26)34(22)30(25)20-31(41-32-10-6-15-39-32)27(19-33(42)43)21-40-35(37)38/h4-8,10-12,15-16,18-19,22,25,28,30-31,34,39H,2-3,9,13-14,17,20-21,36H2,1H3,(H,42,43)(H4,37,38,40)/q-1. The summed E-state index contributed by atoms with van der Waals surface area (Å²) >= 11 is 0. The topological polar surface area (TPSA) is 158 Å². The molecule has 8 nitrogen and oxygen atoms in total. The number of nitrogens with one attached hydrogen (secondary N) is 1. The maximum absolute atomic E-state index is 12.0. The first-order valence-electron chi connectivity index (χ1n) is 15.6. The lowest BCUT2D eigenvalue weighted by atomic mass is 9.58. The van der Waals surface area contributed by atoms with Gasteiger partial charge in [-0.1, -0.05) is 92.5 Å². The van der Waals surface area contributed by atoms with E-state index in [9.17, 15) is 9.90 Å². The summed E-state index contributed by atoms with van der Waals surface area (Å²) in [6, 6.07) is 16.9. The summed E-state index contributed by atoms with van der Waals surface area (Å²) in [6.07, 6.45) is 14.9. The number of carboxylic acids is 1. The van der Waals surface area contributed by atoms with Crippen LogP contribution in [0.15, 0.2) is 83.5 Å². The van der Waals surface area contributed by atoms with Crippen LogP contribution in [0.3, 0.4) is 0 Å². The summed E-state index contributed by atoms with van der Waals surface area (Å²) in [4.78, 5) is 19.3. The second-order valence-corrected chi connectivity index (χ2v) is 12.2. The number of hydrogen-bond donors (Lipinski definition) is 5. The van der Waals surface area contributed by atoms with Crippen molar-refractivity contribution in [3.63, 3.8) is 0 Å². The van der Waals surface area contributed by atoms with Crippen molar-refractivity contribution in [1.29, 1.82) is 0 Å². The van der Waals surface area contributed by atoms with Gasteiger partial charge in [-0.3, -0.25) is 0 Å². The number of aromatic nitrogens is 1. The van der Waals surface area contributed by atoms with Crippen LogP contribution >= 0.6 is 0 Å². The highest BCUT2D eigenvalue weighted by atomic mass is 16.4. The van der Waals surface area contributed by atoms with Crippen molar-refractivity contribution in [2.24, 2.45) is 39.9 Å². The van der Waals surface area contributed by atoms with Crippen molar-refractivity contribution in [2.75, 3.05) is 6.54 Å². The van der Waals surface area contributed by atoms with Crippen LogP contribution in [0, 0.1) is 17.8 Å². The Labute approximate surface area is 254 Å². The minimum Gasteiger partial charge on any atom is -0.478 e. The molecule has 6 unspecified atom stereocenters. The number of allylic oxidation sites excluding steroid dienone is 2. The Hall–Kier alpha value is -4.04. The number of aromatic amines is 1. The fourth-order valence-corrected chi connectivity index (χ4v) is 7.18. The van der Waals surface area contributed by atoms with Crippen LogP contribution in [0.4, 0.5) is 5.82 Å². The normalized spacial score (nSPS) is 22.5. The quantitative estimate of drug-likeness (QED) is 0.0656. The van der Waals surface area contributed by atoms with Crippen LogP contribution in [0.2, 0.25) is 0 Å². The lowest BCUT2D eigenvalue weighted by Gasteiger charge is -2.47. The van der Waals surface area contributed by atoms with E-state index in [0.717, 1.165) is 38.5 Å². The van der Waals surface area contributed by atoms with E-state index < -0.39 is 12.0 Å². The molecule has 8 heteroatoms. The Bertz CT molecular complexity index is 1470. The predicted octanol–water partition coefficient (Wildman–Crippen LogP) is 6.27. The second kappa shape index (κ2) is 14.0. The van der Waals surface area contributed by atoms with E-state index in [-0.39, 0.29) is 30.4 Å². The van der Waals surface area contributed by atoms with Gasteiger partial charge in [-0.2, -0.15) is 0 Å². The Balaban J connectivity index is 1.53. The smallest absolute Gasteiger partial charge is 0.328 e. The SMILES string of the molecule is CCCCC(N)CCC1C=CC2Cc3cc4ccccc4cc3C1C2CC([N-]c1ccc[nH]1)C(=CC(=O)O)CN=C(N)N. The van der Waals surface area contributed by atoms with E-state index in [0.29, 0.717) is 29.6 Å². The summed E-state index contributed by atoms with van der Waals surface area (Å²) in [5.41, 5.74) is 21.3. The number of hydrogen-bond acceptors (Lipinski definition) is 3. The van der Waals surface area contributed by atoms with Gasteiger partial charge in [0, 0.05) is 12.1 Å². The second-order valence-electron chi connectivity index (χ2n) is 12.2. The summed E-state index contributed by atoms with van der Waals surface area (Å²) in [5.74, 6) is 0.781. The summed E-state index contributed by atoms with van der Waals surface area (Å²) < 4.78 is 0. The molecule has 6 atom stereocenters. The molecule has 0 spiro atoms. The molecule has 3 aromatic rings. The average Bonchev–Trinajstić information content (AvgIpc) is 3.49. The van der Waals surface area contributed by atoms with Gasteiger partial charge in [-0.25, -0.2) is 9.79 Å². The van der Waals surface area contributed by atoms with Crippen molar-refractivity contribution in [3.8, 4) is 0 Å². The molecular formula is C35H45N6O2-. The molecule has 0 amide bonds. The molecule has 5 rings (SSSR count). The minimum absolute atomic E-state index is 0.0762. The highest BCUT2D eigenvalue weighted by Gasteiger charge is 2.42. The lowest BCUT2D eigenvalue weighted by molar-refractivity contribution is -0.131. The number of guanidine groups is 1. The van der Waals surface area contributed by atoms with Crippen molar-refractivity contribution in [2.45, 2.75) is 69.9 Å². The number of unbranched alkanes of at least 4 members (excludes halogenated alkanes) is 1. The first kappa shape index (κ1) is 30.4. The molecule has 0 fully saturated rings. The molecule has 1 heterocycles. The van der Waals surface area contributed by atoms with E-state index in [4.69, 9.17) is 22.5 Å². The van der Waals surface area contributed by atoms with E-state index in [1.54, 1.807) is 0 Å². The van der Waals surface area contributed by atoms with Crippen LogP contribution in [0.25, 0.3) is 16.1 Å². The molecule has 1 aromatic heterocycles. The van der Waals surface area contributed by atoms with Crippen LogP contribution in [0.1, 0.15) is 62.5 Å². The summed E-state index contributed by atoms with van der Waals surface area (Å²) in [6.45, 7) is 2.29. The number of fused-ring (bicyclic) bond motifs is 5. The van der Waals surface area contributed by atoms with Crippen molar-refractivity contribution >= 4 is 28.5 Å². The average molecular weight is 582 g/mol. The first-order valence-corrected chi connectivity index (χ1v) is 15.6. The highest BCUT2D eigenvalue weighted by molar-refractivity contribution is 5.84. The number of aliphatic imine (C=N–C) groups is 1. The highest BCUT2D eigenvalue weighted by Crippen LogP contribution is 2.53. The molecule has 43 heavy (non-hydrogen) atoms. The van der Waals surface area contributed by atoms with Gasteiger partial charge in [0.2, 0.25) is 0 Å². The summed E-state index contributed by atoms with van der Waals surface area (Å²) in [5, 5.41) is 17.3. The molecule has 228 valence electrons.